The van der Waals surface area contributed by atoms with Crippen molar-refractivity contribution in [2.45, 2.75) is 44.8 Å². The molecule has 10 heavy (non-hydrogen) atoms. The Kier molecular flexibility index (Phi) is 3.50. The second-order valence-electron chi connectivity index (χ2n) is 2.86. The summed E-state index contributed by atoms with van der Waals surface area (Å²) < 4.78 is 5.28. The van der Waals surface area contributed by atoms with Crippen LogP contribution in [-0.2, 0) is 4.74 Å². The van der Waals surface area contributed by atoms with Crippen LogP contribution in [-0.4, -0.2) is 18.1 Å². The highest BCUT2D eigenvalue weighted by Crippen LogP contribution is 2.27. The molecule has 1 heterocycles. The van der Waals surface area contributed by atoms with Crippen LogP contribution in [0.5, 0.6) is 0 Å². The molecule has 0 aliphatic carbocycles. The summed E-state index contributed by atoms with van der Waals surface area (Å²) in [7, 11) is 0. The number of epoxide rings is 1. The van der Waals surface area contributed by atoms with Crippen molar-refractivity contribution in [2.24, 2.45) is 0 Å². The Labute approximate surface area is 67.7 Å². The molecule has 0 saturated carbocycles. The average molecular weight is 163 g/mol. The van der Waals surface area contributed by atoms with Crippen molar-refractivity contribution >= 4 is 11.6 Å². The van der Waals surface area contributed by atoms with Crippen LogP contribution in [0.1, 0.15) is 32.6 Å². The third kappa shape index (κ3) is 2.47. The first-order valence-corrected chi connectivity index (χ1v) is 4.63. The Bertz CT molecular complexity index is 95.3. The first-order valence-electron chi connectivity index (χ1n) is 4.10. The third-order valence-corrected chi connectivity index (χ3v) is 2.24. The van der Waals surface area contributed by atoms with E-state index in [1.807, 2.05) is 0 Å². The molecule has 0 aromatic heterocycles. The number of halogens is 1. The highest BCUT2D eigenvalue weighted by molar-refractivity contribution is 6.18. The maximum atomic E-state index is 5.58. The van der Waals surface area contributed by atoms with Crippen LogP contribution < -0.4 is 0 Å². The van der Waals surface area contributed by atoms with Crippen LogP contribution in [0.3, 0.4) is 0 Å². The van der Waals surface area contributed by atoms with Gasteiger partial charge in [-0.3, -0.25) is 0 Å². The number of unbranched alkanes of at least 4 members (excludes halogenated alkanes) is 2. The van der Waals surface area contributed by atoms with Gasteiger partial charge in [0.15, 0.2) is 0 Å². The van der Waals surface area contributed by atoms with Crippen molar-refractivity contribution in [3.8, 4) is 0 Å². The molecule has 0 amide bonds. The van der Waals surface area contributed by atoms with Crippen LogP contribution in [0.2, 0.25) is 0 Å². The molecule has 0 N–H and O–H groups in total. The Morgan fingerprint density at radius 2 is 2.10 bits per heavy atom. The molecular weight excluding hydrogens is 148 g/mol. The summed E-state index contributed by atoms with van der Waals surface area (Å²) in [5.41, 5.74) is 0. The van der Waals surface area contributed by atoms with E-state index in [2.05, 4.69) is 6.92 Å². The highest BCUT2D eigenvalue weighted by atomic mass is 35.5. The van der Waals surface area contributed by atoms with Gasteiger partial charge in [0.2, 0.25) is 0 Å². The lowest BCUT2D eigenvalue weighted by Gasteiger charge is -1.92. The SMILES string of the molecule is CCCCC[C@H]1O[C@H]1CCl. The van der Waals surface area contributed by atoms with Crippen molar-refractivity contribution in [1.29, 1.82) is 0 Å². The Hall–Kier alpha value is 0.250. The summed E-state index contributed by atoms with van der Waals surface area (Å²) in [6, 6.07) is 0. The van der Waals surface area contributed by atoms with Gasteiger partial charge in [-0.25, -0.2) is 0 Å². The lowest BCUT2D eigenvalue weighted by molar-refractivity contribution is 0.366. The molecule has 60 valence electrons. The number of alkyl halides is 1. The molecule has 1 aliphatic heterocycles. The third-order valence-electron chi connectivity index (χ3n) is 1.93. The monoisotopic (exact) mass is 162 g/mol. The predicted octanol–water partition coefficient (Wildman–Crippen LogP) is 2.57. The van der Waals surface area contributed by atoms with Gasteiger partial charge in [0.1, 0.15) is 0 Å². The minimum atomic E-state index is 0.388. The van der Waals surface area contributed by atoms with Crippen molar-refractivity contribution in [3.05, 3.63) is 0 Å². The summed E-state index contributed by atoms with van der Waals surface area (Å²) in [4.78, 5) is 0. The Morgan fingerprint density at radius 3 is 2.60 bits per heavy atom. The summed E-state index contributed by atoms with van der Waals surface area (Å²) in [6.45, 7) is 2.22. The number of ether oxygens (including phenoxy) is 1. The summed E-state index contributed by atoms with van der Waals surface area (Å²) in [6.07, 6.45) is 6.02. The standard InChI is InChI=1S/C8H15ClO/c1-2-3-4-5-7-8(6-9)10-7/h7-8H,2-6H2,1H3/t7-,8+/m1/s1. The summed E-state index contributed by atoms with van der Waals surface area (Å²) in [5.74, 6) is 0.677. The van der Waals surface area contributed by atoms with Gasteiger partial charge in [-0.05, 0) is 6.42 Å². The fraction of sp³-hybridized carbons (Fsp3) is 1.00. The topological polar surface area (TPSA) is 12.5 Å². The minimum Gasteiger partial charge on any atom is -0.368 e. The van der Waals surface area contributed by atoms with Crippen LogP contribution in [0.25, 0.3) is 0 Å². The molecule has 0 aromatic rings. The average Bonchev–Trinajstić information content (AvgIpc) is 2.68. The van der Waals surface area contributed by atoms with Crippen LogP contribution in [0.15, 0.2) is 0 Å². The Morgan fingerprint density at radius 1 is 1.30 bits per heavy atom. The van der Waals surface area contributed by atoms with Gasteiger partial charge in [-0.2, -0.15) is 0 Å². The van der Waals surface area contributed by atoms with E-state index in [9.17, 15) is 0 Å². The maximum absolute atomic E-state index is 5.58. The first kappa shape index (κ1) is 8.35. The zero-order chi connectivity index (χ0) is 7.40. The molecule has 0 bridgehead atoms. The van der Waals surface area contributed by atoms with Gasteiger partial charge in [-0.15, -0.1) is 11.6 Å². The van der Waals surface area contributed by atoms with Crippen LogP contribution in [0.4, 0.5) is 0 Å². The number of rotatable bonds is 5. The smallest absolute Gasteiger partial charge is 0.0976 e. The highest BCUT2D eigenvalue weighted by Gasteiger charge is 2.36. The second-order valence-corrected chi connectivity index (χ2v) is 3.17. The first-order chi connectivity index (χ1) is 4.88. The van der Waals surface area contributed by atoms with Crippen LogP contribution in [0, 0.1) is 0 Å². The largest absolute Gasteiger partial charge is 0.368 e. The van der Waals surface area contributed by atoms with Crippen molar-refractivity contribution in [3.63, 3.8) is 0 Å². The lowest BCUT2D eigenvalue weighted by Crippen LogP contribution is -1.94. The van der Waals surface area contributed by atoms with Gasteiger partial charge < -0.3 is 4.74 Å². The fourth-order valence-electron chi connectivity index (χ4n) is 1.16. The summed E-state index contributed by atoms with van der Waals surface area (Å²) in [5, 5.41) is 0. The summed E-state index contributed by atoms with van der Waals surface area (Å²) >= 11 is 5.58. The number of hydrogen-bond donors (Lipinski definition) is 0. The maximum Gasteiger partial charge on any atom is 0.0976 e. The zero-order valence-electron chi connectivity index (χ0n) is 6.48. The lowest BCUT2D eigenvalue weighted by atomic mass is 10.1. The molecule has 1 saturated heterocycles. The molecule has 0 aromatic carbocycles. The van der Waals surface area contributed by atoms with E-state index in [4.69, 9.17) is 16.3 Å². The van der Waals surface area contributed by atoms with Gasteiger partial charge in [0.05, 0.1) is 18.1 Å². The van der Waals surface area contributed by atoms with Crippen LogP contribution >= 0.6 is 11.6 Å². The molecule has 2 heteroatoms. The minimum absolute atomic E-state index is 0.388. The van der Waals surface area contributed by atoms with E-state index < -0.39 is 0 Å². The van der Waals surface area contributed by atoms with Crippen molar-refractivity contribution in [2.75, 3.05) is 5.88 Å². The van der Waals surface area contributed by atoms with Crippen molar-refractivity contribution < 1.29 is 4.74 Å². The Balaban J connectivity index is 1.87. The normalized spacial score (nSPS) is 30.6. The predicted molar refractivity (Wildman–Crippen MR) is 43.5 cm³/mol. The second kappa shape index (κ2) is 4.20. The molecule has 1 rings (SSSR count). The molecule has 1 fully saturated rings. The van der Waals surface area contributed by atoms with Gasteiger partial charge in [0, 0.05) is 0 Å². The molecule has 0 spiro atoms. The van der Waals surface area contributed by atoms with Crippen molar-refractivity contribution in [1.82, 2.24) is 0 Å². The van der Waals surface area contributed by atoms with Gasteiger partial charge in [-0.1, -0.05) is 26.2 Å². The quantitative estimate of drug-likeness (QED) is 0.344. The molecule has 1 aliphatic rings. The molecular formula is C8H15ClO. The van der Waals surface area contributed by atoms with E-state index in [1.54, 1.807) is 0 Å². The van der Waals surface area contributed by atoms with E-state index in [0.29, 0.717) is 18.1 Å². The van der Waals surface area contributed by atoms with E-state index in [0.717, 1.165) is 0 Å². The van der Waals surface area contributed by atoms with Gasteiger partial charge in [0.25, 0.3) is 0 Å². The molecule has 1 nitrogen and oxygen atoms in total. The van der Waals surface area contributed by atoms with Gasteiger partial charge >= 0.3 is 0 Å². The van der Waals surface area contributed by atoms with E-state index in [1.165, 1.54) is 25.7 Å². The van der Waals surface area contributed by atoms with E-state index >= 15 is 0 Å². The zero-order valence-corrected chi connectivity index (χ0v) is 7.23. The molecule has 0 radical (unpaired) electrons. The molecule has 0 unspecified atom stereocenters. The van der Waals surface area contributed by atoms with E-state index in [-0.39, 0.29) is 0 Å². The molecule has 2 atom stereocenters. The fourth-order valence-corrected chi connectivity index (χ4v) is 1.44. The number of hydrogen-bond acceptors (Lipinski definition) is 1.